The number of hydrogen-bond donors (Lipinski definition) is 0. The predicted octanol–water partition coefficient (Wildman–Crippen LogP) is 1.72. The molecule has 0 saturated heterocycles. The summed E-state index contributed by atoms with van der Waals surface area (Å²) in [6, 6.07) is 1.05. The Balaban J connectivity index is 2.51. The minimum Gasteiger partial charge on any atom is -0.469 e. The maximum Gasteiger partial charge on any atom is 0.325 e. The van der Waals surface area contributed by atoms with Crippen LogP contribution in [0.15, 0.2) is 30.9 Å². The minimum absolute atomic E-state index is 0.525. The fourth-order valence-corrected chi connectivity index (χ4v) is 1.91. The van der Waals surface area contributed by atoms with Gasteiger partial charge in [-0.25, -0.2) is 4.98 Å². The van der Waals surface area contributed by atoms with Crippen LogP contribution in [-0.2, 0) is 0 Å². The van der Waals surface area contributed by atoms with Gasteiger partial charge < -0.3 is 4.74 Å². The number of imidazole rings is 1. The first-order valence-corrected chi connectivity index (χ1v) is 6.52. The number of carbonyl (C=O) groups excluding carboxylic acids is 1. The van der Waals surface area contributed by atoms with Crippen LogP contribution in [0.25, 0.3) is 0 Å². The van der Waals surface area contributed by atoms with E-state index in [1.807, 2.05) is 0 Å². The predicted molar refractivity (Wildman–Crippen MR) is 79.3 cm³/mol. The van der Waals surface area contributed by atoms with E-state index < -0.39 is 49.6 Å². The average molecular weight is 351 g/mol. The van der Waals surface area contributed by atoms with Gasteiger partial charge in [-0.15, -0.1) is 0 Å². The van der Waals surface area contributed by atoms with Crippen molar-refractivity contribution in [1.82, 2.24) is 9.55 Å². The fourth-order valence-electron chi connectivity index (χ4n) is 1.91. The quantitative estimate of drug-likeness (QED) is 0.554. The maximum absolute atomic E-state index is 12.1. The third kappa shape index (κ3) is 3.54. The lowest BCUT2D eigenvalue weighted by molar-refractivity contribution is -0.404. The minimum atomic E-state index is -1.35. The molecule has 0 radical (unpaired) electrons. The van der Waals surface area contributed by atoms with E-state index in [4.69, 9.17) is 4.74 Å². The standard InChI is InChI=1S/C12H9N5O8/c1-7(12(18)14-3-2-13-6-14)25-11-9(16(21)22)4-8(15(19)20)5-10(11)17(23)24/h2-7H,1H3. The molecular weight excluding hydrogens is 342 g/mol. The second kappa shape index (κ2) is 6.69. The molecule has 1 atom stereocenters. The number of carbonyl (C=O) groups is 1. The van der Waals surface area contributed by atoms with Crippen LogP contribution in [0.2, 0.25) is 0 Å². The number of benzene rings is 1. The molecule has 13 nitrogen and oxygen atoms in total. The van der Waals surface area contributed by atoms with Gasteiger partial charge in [-0.2, -0.15) is 0 Å². The molecule has 0 saturated carbocycles. The Bertz CT molecular complexity index is 827. The van der Waals surface area contributed by atoms with Crippen LogP contribution >= 0.6 is 0 Å². The van der Waals surface area contributed by atoms with Crippen molar-refractivity contribution in [3.8, 4) is 5.75 Å². The average Bonchev–Trinajstić information content (AvgIpc) is 3.07. The molecule has 25 heavy (non-hydrogen) atoms. The Morgan fingerprint density at radius 2 is 1.68 bits per heavy atom. The monoisotopic (exact) mass is 351 g/mol. The van der Waals surface area contributed by atoms with E-state index in [0.29, 0.717) is 12.1 Å². The van der Waals surface area contributed by atoms with Crippen LogP contribution < -0.4 is 4.74 Å². The molecule has 0 fully saturated rings. The molecule has 13 heteroatoms. The molecule has 1 aromatic carbocycles. The van der Waals surface area contributed by atoms with Gasteiger partial charge in [-0.05, 0) is 6.92 Å². The summed E-state index contributed by atoms with van der Waals surface area (Å²) in [5.41, 5.74) is -2.84. The molecule has 0 spiro atoms. The lowest BCUT2D eigenvalue weighted by Crippen LogP contribution is -2.29. The zero-order valence-corrected chi connectivity index (χ0v) is 12.5. The second-order valence-electron chi connectivity index (χ2n) is 4.65. The number of nitro benzene ring substituents is 3. The molecule has 1 heterocycles. The summed E-state index contributed by atoms with van der Waals surface area (Å²) in [7, 11) is 0. The number of aromatic nitrogens is 2. The third-order valence-corrected chi connectivity index (χ3v) is 3.04. The molecule has 0 aliphatic carbocycles. The Morgan fingerprint density at radius 3 is 2.08 bits per heavy atom. The van der Waals surface area contributed by atoms with E-state index in [1.165, 1.54) is 19.3 Å². The van der Waals surface area contributed by atoms with Gasteiger partial charge >= 0.3 is 11.4 Å². The van der Waals surface area contributed by atoms with Gasteiger partial charge in [-0.1, -0.05) is 0 Å². The lowest BCUT2D eigenvalue weighted by atomic mass is 10.2. The van der Waals surface area contributed by atoms with E-state index >= 15 is 0 Å². The first-order valence-electron chi connectivity index (χ1n) is 6.52. The summed E-state index contributed by atoms with van der Waals surface area (Å²) in [6.45, 7) is 1.22. The maximum atomic E-state index is 12.1. The highest BCUT2D eigenvalue weighted by molar-refractivity contribution is 5.83. The summed E-state index contributed by atoms with van der Waals surface area (Å²) < 4.78 is 6.14. The first kappa shape index (κ1) is 17.5. The molecule has 0 aliphatic rings. The largest absolute Gasteiger partial charge is 0.469 e. The van der Waals surface area contributed by atoms with Gasteiger partial charge in [0.05, 0.1) is 26.9 Å². The summed E-state index contributed by atoms with van der Waals surface area (Å²) in [5, 5.41) is 33.1. The normalized spacial score (nSPS) is 11.6. The van der Waals surface area contributed by atoms with Gasteiger partial charge in [0.25, 0.3) is 17.3 Å². The molecular formula is C12H9N5O8. The molecule has 2 aromatic rings. The molecule has 1 unspecified atom stereocenters. The topological polar surface area (TPSA) is 174 Å². The number of non-ortho nitro benzene ring substituents is 1. The van der Waals surface area contributed by atoms with Crippen molar-refractivity contribution in [3.05, 3.63) is 61.2 Å². The van der Waals surface area contributed by atoms with E-state index in [-0.39, 0.29) is 0 Å². The van der Waals surface area contributed by atoms with Crippen LogP contribution in [0.3, 0.4) is 0 Å². The molecule has 2 rings (SSSR count). The van der Waals surface area contributed by atoms with E-state index in [9.17, 15) is 35.1 Å². The molecule has 0 amide bonds. The van der Waals surface area contributed by atoms with Gasteiger partial charge in [0.15, 0.2) is 6.10 Å². The van der Waals surface area contributed by atoms with Crippen molar-refractivity contribution in [2.24, 2.45) is 0 Å². The Labute approximate surface area is 137 Å². The number of nitrogens with zero attached hydrogens (tertiary/aromatic N) is 5. The zero-order chi connectivity index (χ0) is 18.7. The van der Waals surface area contributed by atoms with Gasteiger partial charge in [0, 0.05) is 12.4 Å². The molecule has 0 aliphatic heterocycles. The Morgan fingerprint density at radius 1 is 1.12 bits per heavy atom. The van der Waals surface area contributed by atoms with E-state index in [2.05, 4.69) is 4.98 Å². The highest BCUT2D eigenvalue weighted by atomic mass is 16.6. The number of rotatable bonds is 6. The van der Waals surface area contributed by atoms with Gasteiger partial charge in [-0.3, -0.25) is 39.7 Å². The van der Waals surface area contributed by atoms with E-state index in [0.717, 1.165) is 10.9 Å². The van der Waals surface area contributed by atoms with E-state index in [1.54, 1.807) is 0 Å². The SMILES string of the molecule is CC(Oc1c([N+](=O)[O-])cc([N+](=O)[O-])cc1[N+](=O)[O-])C(=O)n1ccnc1. The summed E-state index contributed by atoms with van der Waals surface area (Å²) in [6.07, 6.45) is 2.40. The highest BCUT2D eigenvalue weighted by Crippen LogP contribution is 2.41. The van der Waals surface area contributed by atoms with Crippen molar-refractivity contribution in [2.45, 2.75) is 13.0 Å². The third-order valence-electron chi connectivity index (χ3n) is 3.04. The van der Waals surface area contributed by atoms with Crippen molar-refractivity contribution < 1.29 is 24.3 Å². The summed E-state index contributed by atoms with van der Waals surface area (Å²) >= 11 is 0. The zero-order valence-electron chi connectivity index (χ0n) is 12.5. The van der Waals surface area contributed by atoms with Gasteiger partial charge in [0.2, 0.25) is 0 Å². The van der Waals surface area contributed by atoms with Crippen LogP contribution in [0.1, 0.15) is 11.7 Å². The molecule has 0 N–H and O–H groups in total. The Hall–Kier alpha value is -3.90. The Kier molecular flexibility index (Phi) is 4.67. The van der Waals surface area contributed by atoms with Crippen LogP contribution in [0, 0.1) is 30.3 Å². The first-order chi connectivity index (χ1) is 11.7. The van der Waals surface area contributed by atoms with Gasteiger partial charge in [0.1, 0.15) is 6.33 Å². The van der Waals surface area contributed by atoms with Crippen molar-refractivity contribution in [2.75, 3.05) is 0 Å². The molecule has 0 bridgehead atoms. The smallest absolute Gasteiger partial charge is 0.325 e. The van der Waals surface area contributed by atoms with Crippen molar-refractivity contribution >= 4 is 23.0 Å². The molecule has 130 valence electrons. The van der Waals surface area contributed by atoms with Crippen molar-refractivity contribution in [3.63, 3.8) is 0 Å². The number of nitro groups is 3. The lowest BCUT2D eigenvalue weighted by Gasteiger charge is -2.13. The van der Waals surface area contributed by atoms with Crippen LogP contribution in [0.5, 0.6) is 5.75 Å². The number of ether oxygens (including phenoxy) is 1. The summed E-state index contributed by atoms with van der Waals surface area (Å²) in [5.74, 6) is -1.54. The van der Waals surface area contributed by atoms with Crippen LogP contribution in [-0.4, -0.2) is 36.3 Å². The highest BCUT2D eigenvalue weighted by Gasteiger charge is 2.34. The second-order valence-corrected chi connectivity index (χ2v) is 4.65. The summed E-state index contributed by atoms with van der Waals surface area (Å²) in [4.78, 5) is 45.7. The fraction of sp³-hybridized carbons (Fsp3) is 0.167. The molecule has 1 aromatic heterocycles. The van der Waals surface area contributed by atoms with Crippen LogP contribution in [0.4, 0.5) is 17.1 Å². The number of hydrogen-bond acceptors (Lipinski definition) is 9. The van der Waals surface area contributed by atoms with Crippen molar-refractivity contribution in [1.29, 1.82) is 0 Å².